The molecule has 2 aliphatic heterocycles. The number of nitrogens with two attached hydrogens (primary N) is 1. The molecule has 0 aromatic carbocycles. The highest BCUT2D eigenvalue weighted by molar-refractivity contribution is 7.09. The van der Waals surface area contributed by atoms with Crippen LogP contribution in [0.2, 0.25) is 0 Å². The second kappa shape index (κ2) is 4.69. The fraction of sp³-hybridized carbons (Fsp3) is 0.692. The Labute approximate surface area is 107 Å². The summed E-state index contributed by atoms with van der Waals surface area (Å²) in [5, 5.41) is 5.92. The largest absolute Gasteiger partial charge is 0.329 e. The molecule has 0 spiro atoms. The van der Waals surface area contributed by atoms with Crippen LogP contribution in [-0.2, 0) is 6.54 Å². The van der Waals surface area contributed by atoms with Crippen LogP contribution in [-0.4, -0.2) is 36.6 Å². The van der Waals surface area contributed by atoms with Crippen molar-refractivity contribution in [2.24, 2.45) is 11.7 Å². The molecule has 17 heavy (non-hydrogen) atoms. The van der Waals surface area contributed by atoms with Crippen molar-refractivity contribution in [3.05, 3.63) is 22.4 Å². The van der Waals surface area contributed by atoms with Crippen molar-refractivity contribution in [3.8, 4) is 0 Å². The van der Waals surface area contributed by atoms with E-state index in [0.717, 1.165) is 19.0 Å². The Hall–Kier alpha value is -0.420. The van der Waals surface area contributed by atoms with Gasteiger partial charge in [-0.05, 0) is 43.3 Å². The molecule has 0 radical (unpaired) electrons. The van der Waals surface area contributed by atoms with Crippen LogP contribution in [0.15, 0.2) is 17.5 Å². The summed E-state index contributed by atoms with van der Waals surface area (Å²) < 4.78 is 0. The molecule has 94 valence electrons. The zero-order chi connectivity index (χ0) is 11.7. The van der Waals surface area contributed by atoms with E-state index >= 15 is 0 Å². The van der Waals surface area contributed by atoms with E-state index in [1.165, 1.54) is 37.4 Å². The summed E-state index contributed by atoms with van der Waals surface area (Å²) in [4.78, 5) is 3.99. The second-order valence-corrected chi connectivity index (χ2v) is 6.36. The molecular formula is C13H21N3S. The van der Waals surface area contributed by atoms with Crippen molar-refractivity contribution in [3.63, 3.8) is 0 Å². The van der Waals surface area contributed by atoms with Gasteiger partial charge in [-0.3, -0.25) is 0 Å². The summed E-state index contributed by atoms with van der Waals surface area (Å²) in [6.07, 6.45) is 2.52. The molecule has 2 saturated heterocycles. The van der Waals surface area contributed by atoms with Crippen LogP contribution >= 0.6 is 11.3 Å². The Morgan fingerprint density at radius 3 is 3.24 bits per heavy atom. The van der Waals surface area contributed by atoms with E-state index in [-0.39, 0.29) is 5.54 Å². The number of nitrogens with one attached hydrogen (secondary N) is 1. The Morgan fingerprint density at radius 1 is 1.53 bits per heavy atom. The van der Waals surface area contributed by atoms with E-state index in [1.54, 1.807) is 0 Å². The van der Waals surface area contributed by atoms with Crippen LogP contribution in [0.25, 0.3) is 0 Å². The predicted molar refractivity (Wildman–Crippen MR) is 72.1 cm³/mol. The van der Waals surface area contributed by atoms with Gasteiger partial charge in [0.1, 0.15) is 0 Å². The van der Waals surface area contributed by atoms with Crippen molar-refractivity contribution >= 4 is 11.3 Å². The monoisotopic (exact) mass is 251 g/mol. The van der Waals surface area contributed by atoms with Crippen molar-refractivity contribution in [2.75, 3.05) is 26.2 Å². The minimum Gasteiger partial charge on any atom is -0.329 e. The first-order valence-corrected chi connectivity index (χ1v) is 7.40. The van der Waals surface area contributed by atoms with Gasteiger partial charge in [-0.25, -0.2) is 0 Å². The number of rotatable bonds is 4. The molecule has 0 aliphatic carbocycles. The summed E-state index contributed by atoms with van der Waals surface area (Å²) in [5.41, 5.74) is 6.28. The number of hydrogen-bond donors (Lipinski definition) is 2. The van der Waals surface area contributed by atoms with Crippen molar-refractivity contribution in [1.82, 2.24) is 10.2 Å². The average molecular weight is 251 g/mol. The van der Waals surface area contributed by atoms with Gasteiger partial charge >= 0.3 is 0 Å². The Balaban J connectivity index is 1.69. The van der Waals surface area contributed by atoms with Crippen LogP contribution in [0.5, 0.6) is 0 Å². The molecule has 3 N–H and O–H groups in total. The number of hydrogen-bond acceptors (Lipinski definition) is 4. The third kappa shape index (κ3) is 2.15. The maximum absolute atomic E-state index is 6.08. The SMILES string of the molecule is NCC1(NCc2cccs2)CCN2CCC1C2. The van der Waals surface area contributed by atoms with Gasteiger partial charge in [0.2, 0.25) is 0 Å². The fourth-order valence-electron chi connectivity index (χ4n) is 3.30. The molecule has 3 rings (SSSR count). The molecule has 4 heteroatoms. The highest BCUT2D eigenvalue weighted by atomic mass is 32.1. The minimum absolute atomic E-state index is 0.191. The zero-order valence-electron chi connectivity index (χ0n) is 10.2. The lowest BCUT2D eigenvalue weighted by Gasteiger charge is -2.43. The first-order valence-electron chi connectivity index (χ1n) is 6.52. The third-order valence-corrected chi connectivity index (χ3v) is 5.36. The topological polar surface area (TPSA) is 41.3 Å². The summed E-state index contributed by atoms with van der Waals surface area (Å²) >= 11 is 1.83. The molecule has 3 heterocycles. The van der Waals surface area contributed by atoms with Gasteiger partial charge in [-0.2, -0.15) is 0 Å². The van der Waals surface area contributed by atoms with Gasteiger partial charge in [0.15, 0.2) is 0 Å². The normalized spacial score (nSPS) is 36.3. The third-order valence-electron chi connectivity index (χ3n) is 4.49. The van der Waals surface area contributed by atoms with Gasteiger partial charge in [-0.1, -0.05) is 6.07 Å². The standard InChI is InChI=1S/C13H21N3S/c14-10-13(15-8-12-2-1-7-17-12)4-6-16-5-3-11(13)9-16/h1-2,7,11,15H,3-6,8-10,14H2. The molecule has 1 aromatic rings. The molecular weight excluding hydrogens is 230 g/mol. The maximum Gasteiger partial charge on any atom is 0.0360 e. The summed E-state index contributed by atoms with van der Waals surface area (Å²) in [6.45, 7) is 5.48. The van der Waals surface area contributed by atoms with Crippen LogP contribution in [0.1, 0.15) is 17.7 Å². The van der Waals surface area contributed by atoms with Crippen molar-refractivity contribution in [2.45, 2.75) is 24.9 Å². The average Bonchev–Trinajstić information content (AvgIpc) is 3.00. The van der Waals surface area contributed by atoms with Crippen LogP contribution in [0.4, 0.5) is 0 Å². The van der Waals surface area contributed by atoms with E-state index in [1.807, 2.05) is 11.3 Å². The van der Waals surface area contributed by atoms with Gasteiger partial charge in [-0.15, -0.1) is 11.3 Å². The lowest BCUT2D eigenvalue weighted by Crippen LogP contribution is -2.60. The molecule has 0 amide bonds. The Kier molecular flexibility index (Phi) is 3.21. The molecule has 2 fully saturated rings. The summed E-state index contributed by atoms with van der Waals surface area (Å²) in [7, 11) is 0. The highest BCUT2D eigenvalue weighted by Gasteiger charge is 2.44. The quantitative estimate of drug-likeness (QED) is 0.846. The van der Waals surface area contributed by atoms with E-state index in [9.17, 15) is 0 Å². The number of thiophene rings is 1. The number of nitrogens with zero attached hydrogens (tertiary/aromatic N) is 1. The maximum atomic E-state index is 6.08. The van der Waals surface area contributed by atoms with E-state index in [0.29, 0.717) is 0 Å². The van der Waals surface area contributed by atoms with Gasteiger partial charge < -0.3 is 16.0 Å². The molecule has 2 aliphatic rings. The molecule has 1 aromatic heterocycles. The van der Waals surface area contributed by atoms with Crippen LogP contribution < -0.4 is 11.1 Å². The zero-order valence-corrected chi connectivity index (χ0v) is 11.0. The van der Waals surface area contributed by atoms with Gasteiger partial charge in [0.25, 0.3) is 0 Å². The van der Waals surface area contributed by atoms with Gasteiger partial charge in [0.05, 0.1) is 0 Å². The molecule has 3 nitrogen and oxygen atoms in total. The van der Waals surface area contributed by atoms with E-state index < -0.39 is 0 Å². The minimum atomic E-state index is 0.191. The first-order chi connectivity index (χ1) is 8.32. The van der Waals surface area contributed by atoms with Crippen LogP contribution in [0.3, 0.4) is 0 Å². The lowest BCUT2D eigenvalue weighted by atomic mass is 9.78. The van der Waals surface area contributed by atoms with Crippen molar-refractivity contribution < 1.29 is 0 Å². The first kappa shape index (κ1) is 11.7. The number of piperidine rings is 1. The molecule has 3 unspecified atom stereocenters. The second-order valence-electron chi connectivity index (χ2n) is 5.33. The lowest BCUT2D eigenvalue weighted by molar-refractivity contribution is 0.135. The highest BCUT2D eigenvalue weighted by Crippen LogP contribution is 2.35. The van der Waals surface area contributed by atoms with E-state index in [2.05, 4.69) is 27.7 Å². The smallest absolute Gasteiger partial charge is 0.0360 e. The molecule has 3 atom stereocenters. The fourth-order valence-corrected chi connectivity index (χ4v) is 3.94. The Morgan fingerprint density at radius 2 is 2.47 bits per heavy atom. The molecule has 2 bridgehead atoms. The van der Waals surface area contributed by atoms with Crippen molar-refractivity contribution in [1.29, 1.82) is 0 Å². The predicted octanol–water partition coefficient (Wildman–Crippen LogP) is 1.26. The van der Waals surface area contributed by atoms with E-state index in [4.69, 9.17) is 5.73 Å². The summed E-state index contributed by atoms with van der Waals surface area (Å²) in [5.74, 6) is 0.751. The molecule has 0 saturated carbocycles. The number of fused-ring (bicyclic) bond motifs is 2. The van der Waals surface area contributed by atoms with Crippen LogP contribution in [0, 0.1) is 5.92 Å². The van der Waals surface area contributed by atoms with Gasteiger partial charge in [0, 0.05) is 30.1 Å². The summed E-state index contributed by atoms with van der Waals surface area (Å²) in [6, 6.07) is 4.32. The Bertz CT molecular complexity index is 365.